The fourth-order valence-electron chi connectivity index (χ4n) is 2.16. The van der Waals surface area contributed by atoms with E-state index in [9.17, 15) is 4.79 Å². The lowest BCUT2D eigenvalue weighted by molar-refractivity contribution is 0.200. The van der Waals surface area contributed by atoms with Crippen molar-refractivity contribution < 1.29 is 4.79 Å². The Hall–Kier alpha value is -0.770. The van der Waals surface area contributed by atoms with Crippen molar-refractivity contribution in [2.24, 2.45) is 17.4 Å². The van der Waals surface area contributed by atoms with Crippen LogP contribution in [0.25, 0.3) is 0 Å². The molecule has 0 aliphatic carbocycles. The molecule has 1 aliphatic heterocycles. The van der Waals surface area contributed by atoms with Gasteiger partial charge in [-0.1, -0.05) is 6.42 Å². The summed E-state index contributed by atoms with van der Waals surface area (Å²) in [4.78, 5) is 12.9. The van der Waals surface area contributed by atoms with E-state index >= 15 is 0 Å². The first kappa shape index (κ1) is 12.3. The highest BCUT2D eigenvalue weighted by atomic mass is 16.2. The summed E-state index contributed by atoms with van der Waals surface area (Å²) in [6.45, 7) is 3.68. The van der Waals surface area contributed by atoms with Crippen molar-refractivity contribution >= 4 is 6.03 Å². The number of hydrogen-bond acceptors (Lipinski definition) is 2. The molecule has 2 atom stereocenters. The number of carbonyl (C=O) groups excluding carboxylic acids is 1. The summed E-state index contributed by atoms with van der Waals surface area (Å²) in [7, 11) is 0. The molecular weight excluding hydrogens is 190 g/mol. The Morgan fingerprint density at radius 3 is 2.87 bits per heavy atom. The van der Waals surface area contributed by atoms with E-state index in [2.05, 4.69) is 0 Å². The average Bonchev–Trinajstić information content (AvgIpc) is 2.39. The van der Waals surface area contributed by atoms with Crippen LogP contribution in [0.3, 0.4) is 0 Å². The molecule has 0 saturated carbocycles. The SMILES string of the molecule is CC(N)CCC1CCCCN(C(N)=O)C1. The van der Waals surface area contributed by atoms with E-state index < -0.39 is 0 Å². The zero-order valence-corrected chi connectivity index (χ0v) is 9.61. The smallest absolute Gasteiger partial charge is 0.314 e. The van der Waals surface area contributed by atoms with Crippen LogP contribution < -0.4 is 11.5 Å². The first-order valence-electron chi connectivity index (χ1n) is 5.89. The number of primary amides is 1. The van der Waals surface area contributed by atoms with E-state index in [1.54, 1.807) is 4.90 Å². The summed E-state index contributed by atoms with van der Waals surface area (Å²) in [6.07, 6.45) is 5.64. The molecule has 0 radical (unpaired) electrons. The molecule has 88 valence electrons. The van der Waals surface area contributed by atoms with Crippen LogP contribution >= 0.6 is 0 Å². The summed E-state index contributed by atoms with van der Waals surface area (Å²) in [5, 5.41) is 0. The highest BCUT2D eigenvalue weighted by Crippen LogP contribution is 2.21. The van der Waals surface area contributed by atoms with Gasteiger partial charge in [0.2, 0.25) is 0 Å². The number of carbonyl (C=O) groups is 1. The Morgan fingerprint density at radius 2 is 2.27 bits per heavy atom. The third-order valence-electron chi connectivity index (χ3n) is 3.11. The third kappa shape index (κ3) is 4.51. The first-order valence-corrected chi connectivity index (χ1v) is 5.89. The van der Waals surface area contributed by atoms with Crippen LogP contribution in [0.4, 0.5) is 4.79 Å². The van der Waals surface area contributed by atoms with Gasteiger partial charge in [0.15, 0.2) is 0 Å². The molecular formula is C11H23N3O. The van der Waals surface area contributed by atoms with Gasteiger partial charge in [-0.15, -0.1) is 0 Å². The number of hydrogen-bond donors (Lipinski definition) is 2. The molecule has 1 heterocycles. The van der Waals surface area contributed by atoms with Gasteiger partial charge in [0.1, 0.15) is 0 Å². The van der Waals surface area contributed by atoms with Gasteiger partial charge >= 0.3 is 6.03 Å². The molecule has 1 saturated heterocycles. The molecule has 0 aromatic carbocycles. The van der Waals surface area contributed by atoms with Crippen molar-refractivity contribution in [3.8, 4) is 0 Å². The van der Waals surface area contributed by atoms with Crippen LogP contribution in [0.1, 0.15) is 39.0 Å². The number of likely N-dealkylation sites (tertiary alicyclic amines) is 1. The van der Waals surface area contributed by atoms with Crippen molar-refractivity contribution in [3.05, 3.63) is 0 Å². The normalized spacial score (nSPS) is 24.7. The van der Waals surface area contributed by atoms with Gasteiger partial charge in [-0.3, -0.25) is 0 Å². The van der Waals surface area contributed by atoms with Crippen LogP contribution in [0.15, 0.2) is 0 Å². The number of amides is 2. The lowest BCUT2D eigenvalue weighted by Crippen LogP contribution is -2.38. The van der Waals surface area contributed by atoms with E-state index in [0.717, 1.165) is 32.4 Å². The molecule has 4 N–H and O–H groups in total. The van der Waals surface area contributed by atoms with Crippen LogP contribution in [0.2, 0.25) is 0 Å². The Morgan fingerprint density at radius 1 is 1.53 bits per heavy atom. The van der Waals surface area contributed by atoms with Gasteiger partial charge < -0.3 is 16.4 Å². The second-order valence-corrected chi connectivity index (χ2v) is 4.70. The van der Waals surface area contributed by atoms with E-state index in [4.69, 9.17) is 11.5 Å². The minimum absolute atomic E-state index is 0.260. The van der Waals surface area contributed by atoms with Gasteiger partial charge in [-0.05, 0) is 38.5 Å². The van der Waals surface area contributed by atoms with Crippen LogP contribution in [-0.2, 0) is 0 Å². The molecule has 0 aromatic heterocycles. The maximum atomic E-state index is 11.1. The highest BCUT2D eigenvalue weighted by Gasteiger charge is 2.20. The molecule has 1 rings (SSSR count). The molecule has 4 heteroatoms. The lowest BCUT2D eigenvalue weighted by Gasteiger charge is -2.23. The zero-order chi connectivity index (χ0) is 11.3. The number of nitrogens with two attached hydrogens (primary N) is 2. The van der Waals surface area contributed by atoms with Crippen molar-refractivity contribution in [1.29, 1.82) is 0 Å². The van der Waals surface area contributed by atoms with Crippen molar-refractivity contribution in [1.82, 2.24) is 4.90 Å². The van der Waals surface area contributed by atoms with E-state index in [0.29, 0.717) is 5.92 Å². The van der Waals surface area contributed by atoms with Crippen molar-refractivity contribution in [2.75, 3.05) is 13.1 Å². The van der Waals surface area contributed by atoms with E-state index in [-0.39, 0.29) is 12.1 Å². The molecule has 2 unspecified atom stereocenters. The minimum atomic E-state index is -0.275. The molecule has 4 nitrogen and oxygen atoms in total. The second-order valence-electron chi connectivity index (χ2n) is 4.70. The van der Waals surface area contributed by atoms with Gasteiger partial charge in [-0.2, -0.15) is 0 Å². The Labute approximate surface area is 92.0 Å². The molecule has 2 amide bonds. The summed E-state index contributed by atoms with van der Waals surface area (Å²) in [6, 6.07) is -0.0158. The summed E-state index contributed by atoms with van der Waals surface area (Å²) >= 11 is 0. The number of rotatable bonds is 3. The predicted molar refractivity (Wildman–Crippen MR) is 61.4 cm³/mol. The van der Waals surface area contributed by atoms with Crippen molar-refractivity contribution in [2.45, 2.75) is 45.1 Å². The van der Waals surface area contributed by atoms with Gasteiger partial charge in [0.25, 0.3) is 0 Å². The molecule has 0 bridgehead atoms. The quantitative estimate of drug-likeness (QED) is 0.741. The fourth-order valence-corrected chi connectivity index (χ4v) is 2.16. The fraction of sp³-hybridized carbons (Fsp3) is 0.909. The lowest BCUT2D eigenvalue weighted by atomic mass is 9.96. The summed E-state index contributed by atoms with van der Waals surface area (Å²) < 4.78 is 0. The van der Waals surface area contributed by atoms with E-state index in [1.165, 1.54) is 12.8 Å². The summed E-state index contributed by atoms with van der Waals surface area (Å²) in [5.74, 6) is 0.589. The topological polar surface area (TPSA) is 72.3 Å². The largest absolute Gasteiger partial charge is 0.351 e. The van der Waals surface area contributed by atoms with Crippen LogP contribution in [0, 0.1) is 5.92 Å². The highest BCUT2D eigenvalue weighted by molar-refractivity contribution is 5.71. The Bertz CT molecular complexity index is 206. The summed E-state index contributed by atoms with van der Waals surface area (Å²) in [5.41, 5.74) is 11.1. The zero-order valence-electron chi connectivity index (χ0n) is 9.61. The average molecular weight is 213 g/mol. The predicted octanol–water partition coefficient (Wildman–Crippen LogP) is 1.29. The van der Waals surface area contributed by atoms with Gasteiger partial charge in [0.05, 0.1) is 0 Å². The molecule has 15 heavy (non-hydrogen) atoms. The number of nitrogens with zero attached hydrogens (tertiary/aromatic N) is 1. The molecule has 0 aromatic rings. The van der Waals surface area contributed by atoms with Gasteiger partial charge in [0, 0.05) is 19.1 Å². The second kappa shape index (κ2) is 5.95. The van der Waals surface area contributed by atoms with Gasteiger partial charge in [-0.25, -0.2) is 4.79 Å². The molecule has 1 fully saturated rings. The third-order valence-corrected chi connectivity index (χ3v) is 3.11. The van der Waals surface area contributed by atoms with E-state index in [1.807, 2.05) is 6.92 Å². The minimum Gasteiger partial charge on any atom is -0.351 e. The molecule has 1 aliphatic rings. The standard InChI is InChI=1S/C11H23N3O/c1-9(12)5-6-10-4-2-3-7-14(8-10)11(13)15/h9-10H,2-8,12H2,1H3,(H2,13,15). The number of urea groups is 1. The Kier molecular flexibility index (Phi) is 4.88. The monoisotopic (exact) mass is 213 g/mol. The Balaban J connectivity index is 2.39. The van der Waals surface area contributed by atoms with Crippen LogP contribution in [0.5, 0.6) is 0 Å². The maximum Gasteiger partial charge on any atom is 0.314 e. The maximum absolute atomic E-state index is 11.1. The van der Waals surface area contributed by atoms with Crippen molar-refractivity contribution in [3.63, 3.8) is 0 Å². The first-order chi connectivity index (χ1) is 7.09. The molecule has 0 spiro atoms. The van der Waals surface area contributed by atoms with Crippen LogP contribution in [-0.4, -0.2) is 30.1 Å².